The molecule has 0 spiro atoms. The SMILES string of the molecule is Cc1nncn1C1CN(C(=O)c2ccc(N(C)C)cc2)C1. The fourth-order valence-corrected chi connectivity index (χ4v) is 2.54. The van der Waals surface area contributed by atoms with Crippen LogP contribution in [0.1, 0.15) is 22.2 Å². The van der Waals surface area contributed by atoms with Gasteiger partial charge in [0.05, 0.1) is 6.04 Å². The van der Waals surface area contributed by atoms with E-state index >= 15 is 0 Å². The zero-order chi connectivity index (χ0) is 15.0. The lowest BCUT2D eigenvalue weighted by atomic mass is 10.1. The van der Waals surface area contributed by atoms with Gasteiger partial charge in [-0.05, 0) is 31.2 Å². The number of anilines is 1. The van der Waals surface area contributed by atoms with Gasteiger partial charge in [-0.2, -0.15) is 0 Å². The predicted octanol–water partition coefficient (Wildman–Crippen LogP) is 1.35. The van der Waals surface area contributed by atoms with Crippen molar-refractivity contribution >= 4 is 11.6 Å². The molecule has 1 saturated heterocycles. The first-order chi connectivity index (χ1) is 10.1. The fraction of sp³-hybridized carbons (Fsp3) is 0.400. The van der Waals surface area contributed by atoms with Crippen molar-refractivity contribution in [2.45, 2.75) is 13.0 Å². The minimum atomic E-state index is 0.0854. The Hall–Kier alpha value is -2.37. The van der Waals surface area contributed by atoms with Crippen LogP contribution in [0.15, 0.2) is 30.6 Å². The van der Waals surface area contributed by atoms with Crippen molar-refractivity contribution in [1.82, 2.24) is 19.7 Å². The van der Waals surface area contributed by atoms with Crippen molar-refractivity contribution in [2.75, 3.05) is 32.1 Å². The average Bonchev–Trinajstić information content (AvgIpc) is 2.83. The molecule has 1 aliphatic heterocycles. The molecule has 0 radical (unpaired) electrons. The van der Waals surface area contributed by atoms with Gasteiger partial charge in [-0.15, -0.1) is 10.2 Å². The van der Waals surface area contributed by atoms with Gasteiger partial charge in [0.25, 0.3) is 5.91 Å². The van der Waals surface area contributed by atoms with Crippen LogP contribution in [-0.2, 0) is 0 Å². The molecule has 2 heterocycles. The molecule has 1 aliphatic rings. The van der Waals surface area contributed by atoms with Crippen LogP contribution in [0.2, 0.25) is 0 Å². The van der Waals surface area contributed by atoms with Crippen LogP contribution < -0.4 is 4.90 Å². The highest BCUT2D eigenvalue weighted by molar-refractivity contribution is 5.95. The van der Waals surface area contributed by atoms with Crippen LogP contribution in [-0.4, -0.2) is 52.8 Å². The lowest BCUT2D eigenvalue weighted by molar-refractivity contribution is 0.0517. The second-order valence-electron chi connectivity index (χ2n) is 5.59. The molecule has 0 unspecified atom stereocenters. The minimum absolute atomic E-state index is 0.0854. The third kappa shape index (κ3) is 2.49. The third-order valence-corrected chi connectivity index (χ3v) is 3.93. The van der Waals surface area contributed by atoms with E-state index in [9.17, 15) is 4.79 Å². The summed E-state index contributed by atoms with van der Waals surface area (Å²) in [6.45, 7) is 3.36. The van der Waals surface area contributed by atoms with Gasteiger partial charge in [0.1, 0.15) is 12.2 Å². The summed E-state index contributed by atoms with van der Waals surface area (Å²) in [6, 6.07) is 8.00. The second-order valence-corrected chi connectivity index (χ2v) is 5.59. The zero-order valence-electron chi connectivity index (χ0n) is 12.5. The molecular formula is C15H19N5O. The summed E-state index contributed by atoms with van der Waals surface area (Å²) in [6.07, 6.45) is 1.73. The average molecular weight is 285 g/mol. The first kappa shape index (κ1) is 13.6. The molecule has 0 atom stereocenters. The van der Waals surface area contributed by atoms with Crippen molar-refractivity contribution in [1.29, 1.82) is 0 Å². The highest BCUT2D eigenvalue weighted by Gasteiger charge is 2.33. The lowest BCUT2D eigenvalue weighted by Gasteiger charge is -2.40. The number of aryl methyl sites for hydroxylation is 1. The number of carbonyl (C=O) groups is 1. The molecule has 1 aromatic heterocycles. The third-order valence-electron chi connectivity index (χ3n) is 3.93. The number of carbonyl (C=O) groups excluding carboxylic acids is 1. The summed E-state index contributed by atoms with van der Waals surface area (Å²) < 4.78 is 2.03. The molecule has 1 aromatic carbocycles. The molecule has 6 nitrogen and oxygen atoms in total. The Morgan fingerprint density at radius 1 is 1.24 bits per heavy atom. The molecule has 3 rings (SSSR count). The van der Waals surface area contributed by atoms with Gasteiger partial charge in [-0.1, -0.05) is 0 Å². The van der Waals surface area contributed by atoms with Gasteiger partial charge < -0.3 is 14.4 Å². The van der Waals surface area contributed by atoms with Crippen molar-refractivity contribution < 1.29 is 4.79 Å². The van der Waals surface area contributed by atoms with Gasteiger partial charge in [-0.25, -0.2) is 0 Å². The monoisotopic (exact) mass is 285 g/mol. The molecule has 1 fully saturated rings. The van der Waals surface area contributed by atoms with Crippen LogP contribution in [0.4, 0.5) is 5.69 Å². The Bertz CT molecular complexity index is 640. The van der Waals surface area contributed by atoms with Crippen molar-refractivity contribution in [3.63, 3.8) is 0 Å². The van der Waals surface area contributed by atoms with E-state index in [1.54, 1.807) is 6.33 Å². The van der Waals surface area contributed by atoms with Gasteiger partial charge in [-0.3, -0.25) is 4.79 Å². The molecular weight excluding hydrogens is 266 g/mol. The number of hydrogen-bond acceptors (Lipinski definition) is 4. The van der Waals surface area contributed by atoms with Crippen LogP contribution >= 0.6 is 0 Å². The maximum Gasteiger partial charge on any atom is 0.253 e. The summed E-state index contributed by atoms with van der Waals surface area (Å²) in [5, 5.41) is 7.86. The Morgan fingerprint density at radius 2 is 1.90 bits per heavy atom. The molecule has 0 aliphatic carbocycles. The standard InChI is InChI=1S/C15H19N5O/c1-11-17-16-10-20(11)14-8-19(9-14)15(21)12-4-6-13(7-5-12)18(2)3/h4-7,10,14H,8-9H2,1-3H3. The van der Waals surface area contributed by atoms with Crippen LogP contribution in [0.3, 0.4) is 0 Å². The van der Waals surface area contributed by atoms with Crippen molar-refractivity contribution in [2.24, 2.45) is 0 Å². The number of benzene rings is 1. The molecule has 0 saturated carbocycles. The Morgan fingerprint density at radius 3 is 2.43 bits per heavy atom. The topological polar surface area (TPSA) is 54.3 Å². The van der Waals surface area contributed by atoms with Crippen molar-refractivity contribution in [3.05, 3.63) is 42.0 Å². The Kier molecular flexibility index (Phi) is 3.37. The normalized spacial score (nSPS) is 14.9. The smallest absolute Gasteiger partial charge is 0.253 e. The number of hydrogen-bond donors (Lipinski definition) is 0. The molecule has 21 heavy (non-hydrogen) atoms. The number of amides is 1. The van der Waals surface area contributed by atoms with E-state index < -0.39 is 0 Å². The fourth-order valence-electron chi connectivity index (χ4n) is 2.54. The van der Waals surface area contributed by atoms with E-state index in [4.69, 9.17) is 0 Å². The maximum atomic E-state index is 12.4. The molecule has 0 bridgehead atoms. The highest BCUT2D eigenvalue weighted by atomic mass is 16.2. The number of aromatic nitrogens is 3. The molecule has 6 heteroatoms. The zero-order valence-corrected chi connectivity index (χ0v) is 12.5. The number of rotatable bonds is 3. The van der Waals surface area contributed by atoms with E-state index in [0.717, 1.165) is 17.1 Å². The van der Waals surface area contributed by atoms with Gasteiger partial charge in [0, 0.05) is 38.4 Å². The van der Waals surface area contributed by atoms with Gasteiger partial charge in [0.2, 0.25) is 0 Å². The van der Waals surface area contributed by atoms with E-state index in [1.165, 1.54) is 0 Å². The number of nitrogens with zero attached hydrogens (tertiary/aromatic N) is 5. The molecule has 110 valence electrons. The van der Waals surface area contributed by atoms with E-state index in [2.05, 4.69) is 10.2 Å². The summed E-state index contributed by atoms with van der Waals surface area (Å²) in [5.41, 5.74) is 1.83. The van der Waals surface area contributed by atoms with Crippen molar-refractivity contribution in [3.8, 4) is 0 Å². The summed E-state index contributed by atoms with van der Waals surface area (Å²) in [4.78, 5) is 16.3. The van der Waals surface area contributed by atoms with E-state index in [-0.39, 0.29) is 5.91 Å². The summed E-state index contributed by atoms with van der Waals surface area (Å²) in [7, 11) is 3.97. The largest absolute Gasteiger partial charge is 0.378 e. The first-order valence-corrected chi connectivity index (χ1v) is 6.99. The Labute approximate surface area is 124 Å². The van der Waals surface area contributed by atoms with Crippen LogP contribution in [0.5, 0.6) is 0 Å². The minimum Gasteiger partial charge on any atom is -0.378 e. The predicted molar refractivity (Wildman–Crippen MR) is 80.5 cm³/mol. The van der Waals surface area contributed by atoms with Gasteiger partial charge >= 0.3 is 0 Å². The number of likely N-dealkylation sites (tertiary alicyclic amines) is 1. The van der Waals surface area contributed by atoms with E-state index in [0.29, 0.717) is 19.1 Å². The molecule has 0 N–H and O–H groups in total. The Balaban J connectivity index is 1.64. The van der Waals surface area contributed by atoms with Crippen LogP contribution in [0, 0.1) is 6.92 Å². The first-order valence-electron chi connectivity index (χ1n) is 6.99. The molecule has 2 aromatic rings. The quantitative estimate of drug-likeness (QED) is 0.854. The summed E-state index contributed by atoms with van der Waals surface area (Å²) in [5.74, 6) is 0.977. The summed E-state index contributed by atoms with van der Waals surface area (Å²) >= 11 is 0. The van der Waals surface area contributed by atoms with Gasteiger partial charge in [0.15, 0.2) is 0 Å². The van der Waals surface area contributed by atoms with Crippen LogP contribution in [0.25, 0.3) is 0 Å². The highest BCUT2D eigenvalue weighted by Crippen LogP contribution is 2.24. The molecule has 1 amide bonds. The maximum absolute atomic E-state index is 12.4. The lowest BCUT2D eigenvalue weighted by Crippen LogP contribution is -2.50. The van der Waals surface area contributed by atoms with E-state index in [1.807, 2.05) is 59.7 Å². The second kappa shape index (κ2) is 5.20.